The van der Waals surface area contributed by atoms with Crippen molar-refractivity contribution >= 4 is 23.0 Å². The van der Waals surface area contributed by atoms with Crippen LogP contribution < -0.4 is 15.0 Å². The number of anilines is 1. The minimum Gasteiger partial charge on any atom is -0.497 e. The number of rotatable bonds is 10. The Morgan fingerprint density at radius 3 is 2.39 bits per heavy atom. The number of ether oxygens (including phenoxy) is 1. The number of carbonyl (C=O) groups is 1. The van der Waals surface area contributed by atoms with Crippen LogP contribution >= 0.6 is 0 Å². The van der Waals surface area contributed by atoms with Gasteiger partial charge in [-0.2, -0.15) is 0 Å². The first kappa shape index (κ1) is 25.0. The van der Waals surface area contributed by atoms with Gasteiger partial charge in [0, 0.05) is 33.7 Å². The summed E-state index contributed by atoms with van der Waals surface area (Å²) < 4.78 is 20.7. The van der Waals surface area contributed by atoms with E-state index < -0.39 is 0 Å². The number of imidazole rings is 1. The molecule has 0 aliphatic heterocycles. The van der Waals surface area contributed by atoms with Gasteiger partial charge in [0.2, 0.25) is 5.95 Å². The first-order chi connectivity index (χ1) is 17.4. The van der Waals surface area contributed by atoms with Gasteiger partial charge in [-0.05, 0) is 53.9 Å². The topological polar surface area (TPSA) is 62.6 Å². The van der Waals surface area contributed by atoms with Gasteiger partial charge in [0.05, 0.1) is 24.7 Å². The third-order valence-electron chi connectivity index (χ3n) is 6.17. The summed E-state index contributed by atoms with van der Waals surface area (Å²) in [6.07, 6.45) is 0.780. The lowest BCUT2D eigenvalue weighted by Crippen LogP contribution is -2.38. The third kappa shape index (κ3) is 6.13. The van der Waals surface area contributed by atoms with Crippen molar-refractivity contribution in [3.05, 3.63) is 89.7 Å². The maximum atomic E-state index is 13.4. The predicted molar refractivity (Wildman–Crippen MR) is 141 cm³/mol. The number of methoxy groups -OCH3 is 1. The monoisotopic (exact) mass is 489 g/mol. The van der Waals surface area contributed by atoms with Crippen LogP contribution in [0.1, 0.15) is 17.5 Å². The molecule has 188 valence electrons. The quantitative estimate of drug-likeness (QED) is 0.344. The highest BCUT2D eigenvalue weighted by Gasteiger charge is 2.15. The highest BCUT2D eigenvalue weighted by Crippen LogP contribution is 2.24. The average molecular weight is 490 g/mol. The summed E-state index contributed by atoms with van der Waals surface area (Å²) in [6, 6.07) is 22.1. The molecule has 0 aliphatic rings. The zero-order valence-electron chi connectivity index (χ0n) is 20.9. The molecule has 0 atom stereocenters. The van der Waals surface area contributed by atoms with Crippen molar-refractivity contribution < 1.29 is 13.9 Å². The molecule has 3 aromatic carbocycles. The summed E-state index contributed by atoms with van der Waals surface area (Å²) in [4.78, 5) is 21.2. The Labute approximate surface area is 211 Å². The zero-order valence-corrected chi connectivity index (χ0v) is 20.9. The van der Waals surface area contributed by atoms with Crippen LogP contribution in [0.25, 0.3) is 11.0 Å². The second-order valence-corrected chi connectivity index (χ2v) is 8.82. The maximum absolute atomic E-state index is 13.4. The van der Waals surface area contributed by atoms with E-state index in [0.717, 1.165) is 46.8 Å². The van der Waals surface area contributed by atoms with Crippen LogP contribution in [0.4, 0.5) is 15.1 Å². The Morgan fingerprint density at radius 2 is 1.67 bits per heavy atom. The Balaban J connectivity index is 1.34. The number of amides is 2. The van der Waals surface area contributed by atoms with Crippen LogP contribution in [0.15, 0.2) is 72.8 Å². The molecule has 0 unspecified atom stereocenters. The Kier molecular flexibility index (Phi) is 8.05. The molecule has 7 nitrogen and oxygen atoms in total. The second kappa shape index (κ2) is 11.6. The fraction of sp³-hybridized carbons (Fsp3) is 0.286. The molecule has 0 aliphatic carbocycles. The van der Waals surface area contributed by atoms with Gasteiger partial charge in [-0.3, -0.25) is 0 Å². The summed E-state index contributed by atoms with van der Waals surface area (Å²) in [5, 5.41) is 2.95. The summed E-state index contributed by atoms with van der Waals surface area (Å²) in [5.74, 6) is 1.38. The number of nitrogens with zero attached hydrogens (tertiary/aromatic N) is 4. The number of nitrogens with one attached hydrogen (secondary N) is 1. The molecular formula is C28H32FN5O2. The minimum absolute atomic E-state index is 0.114. The van der Waals surface area contributed by atoms with E-state index >= 15 is 0 Å². The summed E-state index contributed by atoms with van der Waals surface area (Å²) >= 11 is 0. The zero-order chi connectivity index (χ0) is 25.5. The maximum Gasteiger partial charge on any atom is 0.317 e. The smallest absolute Gasteiger partial charge is 0.317 e. The number of urea groups is 1. The minimum atomic E-state index is -0.247. The van der Waals surface area contributed by atoms with Gasteiger partial charge in [0.1, 0.15) is 11.6 Å². The molecule has 8 heteroatoms. The summed E-state index contributed by atoms with van der Waals surface area (Å²) in [5.41, 5.74) is 3.95. The molecule has 0 bridgehead atoms. The Morgan fingerprint density at radius 1 is 0.972 bits per heavy atom. The molecule has 0 fully saturated rings. The molecule has 2 amide bonds. The fourth-order valence-corrected chi connectivity index (χ4v) is 4.09. The summed E-state index contributed by atoms with van der Waals surface area (Å²) in [6.45, 7) is 2.38. The third-order valence-corrected chi connectivity index (χ3v) is 6.17. The lowest BCUT2D eigenvalue weighted by molar-refractivity contribution is 0.208. The summed E-state index contributed by atoms with van der Waals surface area (Å²) in [7, 11) is 5.43. The van der Waals surface area contributed by atoms with E-state index in [9.17, 15) is 9.18 Å². The molecule has 1 heterocycles. The molecule has 4 aromatic rings. The number of halogens is 1. The normalized spacial score (nSPS) is 10.9. The number of aromatic nitrogens is 2. The van der Waals surface area contributed by atoms with Gasteiger partial charge in [0.25, 0.3) is 0 Å². The molecule has 4 rings (SSSR count). The van der Waals surface area contributed by atoms with Gasteiger partial charge >= 0.3 is 6.03 Å². The van der Waals surface area contributed by atoms with Gasteiger partial charge < -0.3 is 24.4 Å². The van der Waals surface area contributed by atoms with Gasteiger partial charge in [-0.1, -0.05) is 36.4 Å². The van der Waals surface area contributed by atoms with Gasteiger partial charge in [0.15, 0.2) is 0 Å². The van der Waals surface area contributed by atoms with Crippen molar-refractivity contribution in [1.29, 1.82) is 0 Å². The second-order valence-electron chi connectivity index (χ2n) is 8.82. The average Bonchev–Trinajstić information content (AvgIpc) is 3.27. The van der Waals surface area contributed by atoms with Gasteiger partial charge in [-0.25, -0.2) is 14.2 Å². The van der Waals surface area contributed by atoms with Crippen molar-refractivity contribution in [1.82, 2.24) is 19.8 Å². The van der Waals surface area contributed by atoms with Crippen LogP contribution in [-0.4, -0.2) is 54.8 Å². The predicted octanol–water partition coefficient (Wildman–Crippen LogP) is 4.90. The highest BCUT2D eigenvalue weighted by molar-refractivity contribution is 5.79. The number of hydrogen-bond acceptors (Lipinski definition) is 4. The Bertz CT molecular complexity index is 1290. The SMILES string of the molecule is COc1ccc(CNC(=O)N(C)CCCN(C)c2nc3ccccc3n2Cc2ccc(F)cc2)cc1. The van der Waals surface area contributed by atoms with Crippen LogP contribution in [0.5, 0.6) is 5.75 Å². The van der Waals surface area contributed by atoms with E-state index in [1.54, 1.807) is 31.2 Å². The van der Waals surface area contributed by atoms with Gasteiger partial charge in [-0.15, -0.1) is 0 Å². The first-order valence-electron chi connectivity index (χ1n) is 12.0. The molecule has 1 aromatic heterocycles. The first-order valence-corrected chi connectivity index (χ1v) is 12.0. The van der Waals surface area contributed by atoms with E-state index in [-0.39, 0.29) is 11.8 Å². The van der Waals surface area contributed by atoms with E-state index in [2.05, 4.69) is 14.8 Å². The van der Waals surface area contributed by atoms with E-state index in [4.69, 9.17) is 9.72 Å². The highest BCUT2D eigenvalue weighted by atomic mass is 19.1. The van der Waals surface area contributed by atoms with E-state index in [0.29, 0.717) is 19.6 Å². The van der Waals surface area contributed by atoms with Crippen LogP contribution in [-0.2, 0) is 13.1 Å². The molecule has 0 saturated carbocycles. The van der Waals surface area contributed by atoms with Crippen LogP contribution in [0.3, 0.4) is 0 Å². The fourth-order valence-electron chi connectivity index (χ4n) is 4.09. The number of fused-ring (bicyclic) bond motifs is 1. The molecular weight excluding hydrogens is 457 g/mol. The lowest BCUT2D eigenvalue weighted by atomic mass is 10.2. The van der Waals surface area contributed by atoms with E-state index in [1.165, 1.54) is 12.1 Å². The molecule has 1 N–H and O–H groups in total. The number of benzene rings is 3. The lowest BCUT2D eigenvalue weighted by Gasteiger charge is -2.23. The molecule has 0 spiro atoms. The molecule has 0 saturated heterocycles. The number of hydrogen-bond donors (Lipinski definition) is 1. The molecule has 0 radical (unpaired) electrons. The number of para-hydroxylation sites is 2. The number of carbonyl (C=O) groups excluding carboxylic acids is 1. The van der Waals surface area contributed by atoms with Crippen molar-refractivity contribution in [3.8, 4) is 5.75 Å². The van der Waals surface area contributed by atoms with Crippen molar-refractivity contribution in [2.45, 2.75) is 19.5 Å². The van der Waals surface area contributed by atoms with Crippen LogP contribution in [0, 0.1) is 5.82 Å². The Hall–Kier alpha value is -4.07. The standard InChI is InChI=1S/C28H32FN5O2/c1-32(17-6-18-33(2)28(35)30-19-21-11-15-24(36-3)16-12-21)27-31-25-7-4-5-8-26(25)34(27)20-22-9-13-23(29)14-10-22/h4-5,7-16H,6,17-20H2,1-3H3,(H,30,35). The largest absolute Gasteiger partial charge is 0.497 e. The van der Waals surface area contributed by atoms with Crippen molar-refractivity contribution in [3.63, 3.8) is 0 Å². The van der Waals surface area contributed by atoms with E-state index in [1.807, 2.05) is 55.6 Å². The van der Waals surface area contributed by atoms with Crippen molar-refractivity contribution in [2.75, 3.05) is 39.2 Å². The molecule has 36 heavy (non-hydrogen) atoms. The van der Waals surface area contributed by atoms with Crippen LogP contribution in [0.2, 0.25) is 0 Å². The van der Waals surface area contributed by atoms with Crippen molar-refractivity contribution in [2.24, 2.45) is 0 Å².